The van der Waals surface area contributed by atoms with Crippen molar-refractivity contribution in [3.05, 3.63) is 59.9 Å². The zero-order valence-electron chi connectivity index (χ0n) is 15.9. The highest BCUT2D eigenvalue weighted by molar-refractivity contribution is 5.95. The molecule has 0 aliphatic heterocycles. The summed E-state index contributed by atoms with van der Waals surface area (Å²) in [6.45, 7) is 0. The van der Waals surface area contributed by atoms with Gasteiger partial charge in [-0.2, -0.15) is 0 Å². The Bertz CT molecular complexity index is 824. The molecule has 1 unspecified atom stereocenters. The number of aromatic nitrogens is 1. The standard InChI is InChI=1S/C20H24N4O4/c1-24(2)19(27)17-13-16(10-11-21-17)23-20(28)22-15(8-9-18(25)26)12-14-6-4-3-5-7-14/h3-7,10-11,13,15H,8-9,12H2,1-2H3,(H,25,26)(H2,21,22,23,28). The Balaban J connectivity index is 2.03. The smallest absolute Gasteiger partial charge is 0.319 e. The van der Waals surface area contributed by atoms with E-state index in [1.807, 2.05) is 30.3 Å². The summed E-state index contributed by atoms with van der Waals surface area (Å²) in [6.07, 6.45) is 2.22. The molecule has 1 atom stereocenters. The molecule has 2 aromatic rings. The van der Waals surface area contributed by atoms with Gasteiger partial charge in [0.15, 0.2) is 0 Å². The number of carboxylic acids is 1. The molecule has 0 saturated heterocycles. The minimum atomic E-state index is -0.916. The fraction of sp³-hybridized carbons (Fsp3) is 0.300. The lowest BCUT2D eigenvalue weighted by Gasteiger charge is -2.19. The first kappa shape index (κ1) is 20.9. The molecule has 2 rings (SSSR count). The number of nitrogens with zero attached hydrogens (tertiary/aromatic N) is 2. The average Bonchev–Trinajstić information content (AvgIpc) is 2.66. The maximum Gasteiger partial charge on any atom is 0.319 e. The first-order chi connectivity index (χ1) is 13.3. The van der Waals surface area contributed by atoms with Gasteiger partial charge in [-0.1, -0.05) is 30.3 Å². The Morgan fingerprint density at radius 3 is 2.50 bits per heavy atom. The average molecular weight is 384 g/mol. The number of pyridine rings is 1. The SMILES string of the molecule is CN(C)C(=O)c1cc(NC(=O)NC(CCC(=O)O)Cc2ccccc2)ccn1. The number of carbonyl (C=O) groups is 3. The number of urea groups is 1. The van der Waals surface area contributed by atoms with Crippen molar-refractivity contribution in [3.63, 3.8) is 0 Å². The van der Waals surface area contributed by atoms with Crippen molar-refractivity contribution in [1.29, 1.82) is 0 Å². The van der Waals surface area contributed by atoms with Crippen molar-refractivity contribution in [2.24, 2.45) is 0 Å². The van der Waals surface area contributed by atoms with Gasteiger partial charge in [-0.05, 0) is 30.5 Å². The van der Waals surface area contributed by atoms with Crippen LogP contribution in [0.1, 0.15) is 28.9 Å². The monoisotopic (exact) mass is 384 g/mol. The predicted octanol–water partition coefficient (Wildman–Crippen LogP) is 2.38. The van der Waals surface area contributed by atoms with Gasteiger partial charge in [-0.3, -0.25) is 14.6 Å². The highest BCUT2D eigenvalue weighted by Crippen LogP contribution is 2.11. The Kier molecular flexibility index (Phi) is 7.50. The van der Waals surface area contributed by atoms with Crippen LogP contribution in [0.3, 0.4) is 0 Å². The maximum absolute atomic E-state index is 12.4. The summed E-state index contributed by atoms with van der Waals surface area (Å²) in [4.78, 5) is 40.7. The number of carboxylic acid groups (broad SMARTS) is 1. The Labute approximate surface area is 163 Å². The van der Waals surface area contributed by atoms with Crippen LogP contribution in [0.4, 0.5) is 10.5 Å². The molecule has 0 bridgehead atoms. The lowest BCUT2D eigenvalue weighted by Crippen LogP contribution is -2.39. The molecular formula is C20H24N4O4. The molecule has 8 nitrogen and oxygen atoms in total. The summed E-state index contributed by atoms with van der Waals surface area (Å²) >= 11 is 0. The number of carbonyl (C=O) groups excluding carboxylic acids is 2. The van der Waals surface area contributed by atoms with Gasteiger partial charge in [-0.15, -0.1) is 0 Å². The Hall–Kier alpha value is -3.42. The van der Waals surface area contributed by atoms with E-state index < -0.39 is 12.0 Å². The van der Waals surface area contributed by atoms with Crippen LogP contribution in [0.2, 0.25) is 0 Å². The lowest BCUT2D eigenvalue weighted by atomic mass is 10.0. The molecule has 3 amide bonds. The molecule has 0 saturated carbocycles. The van der Waals surface area contributed by atoms with Gasteiger partial charge in [-0.25, -0.2) is 4.79 Å². The molecule has 0 radical (unpaired) electrons. The van der Waals surface area contributed by atoms with E-state index in [1.54, 1.807) is 20.2 Å². The van der Waals surface area contributed by atoms with Gasteiger partial charge in [0.1, 0.15) is 5.69 Å². The number of hydrogen-bond acceptors (Lipinski definition) is 4. The van der Waals surface area contributed by atoms with E-state index in [4.69, 9.17) is 5.11 Å². The topological polar surface area (TPSA) is 112 Å². The molecule has 3 N–H and O–H groups in total. The van der Waals surface area contributed by atoms with Gasteiger partial charge in [0.2, 0.25) is 0 Å². The fourth-order valence-electron chi connectivity index (χ4n) is 2.63. The van der Waals surface area contributed by atoms with Crippen molar-refractivity contribution in [2.75, 3.05) is 19.4 Å². The molecule has 1 heterocycles. The zero-order chi connectivity index (χ0) is 20.5. The molecule has 0 aliphatic rings. The fourth-order valence-corrected chi connectivity index (χ4v) is 2.63. The molecule has 8 heteroatoms. The molecule has 1 aromatic heterocycles. The van der Waals surface area contributed by atoms with E-state index in [0.29, 0.717) is 18.5 Å². The largest absolute Gasteiger partial charge is 0.481 e. The van der Waals surface area contributed by atoms with Crippen LogP contribution >= 0.6 is 0 Å². The van der Waals surface area contributed by atoms with Crippen LogP contribution in [-0.4, -0.2) is 53.0 Å². The van der Waals surface area contributed by atoms with E-state index in [0.717, 1.165) is 5.56 Å². The number of anilines is 1. The van der Waals surface area contributed by atoms with E-state index in [-0.39, 0.29) is 24.1 Å². The van der Waals surface area contributed by atoms with Crippen molar-refractivity contribution < 1.29 is 19.5 Å². The minimum absolute atomic E-state index is 0.0471. The van der Waals surface area contributed by atoms with Crippen molar-refractivity contribution in [2.45, 2.75) is 25.3 Å². The normalized spacial score (nSPS) is 11.4. The van der Waals surface area contributed by atoms with Gasteiger partial charge in [0.25, 0.3) is 5.91 Å². The number of benzene rings is 1. The first-order valence-electron chi connectivity index (χ1n) is 8.86. The third-order valence-corrected chi connectivity index (χ3v) is 4.01. The molecule has 0 spiro atoms. The molecule has 148 valence electrons. The quantitative estimate of drug-likeness (QED) is 0.647. The second-order valence-electron chi connectivity index (χ2n) is 6.55. The predicted molar refractivity (Wildman–Crippen MR) is 105 cm³/mol. The third kappa shape index (κ3) is 6.71. The van der Waals surface area contributed by atoms with E-state index in [2.05, 4.69) is 15.6 Å². The second kappa shape index (κ2) is 10.1. The van der Waals surface area contributed by atoms with Crippen LogP contribution < -0.4 is 10.6 Å². The Morgan fingerprint density at radius 1 is 1.14 bits per heavy atom. The lowest BCUT2D eigenvalue weighted by molar-refractivity contribution is -0.137. The number of hydrogen-bond donors (Lipinski definition) is 3. The van der Waals surface area contributed by atoms with Gasteiger partial charge in [0.05, 0.1) is 0 Å². The van der Waals surface area contributed by atoms with Crippen molar-refractivity contribution >= 4 is 23.6 Å². The van der Waals surface area contributed by atoms with Crippen LogP contribution in [0, 0.1) is 0 Å². The molecule has 0 aliphatic carbocycles. The number of nitrogens with one attached hydrogen (secondary N) is 2. The minimum Gasteiger partial charge on any atom is -0.481 e. The number of rotatable bonds is 8. The summed E-state index contributed by atoms with van der Waals surface area (Å²) in [5, 5.41) is 14.4. The third-order valence-electron chi connectivity index (χ3n) is 4.01. The van der Waals surface area contributed by atoms with Crippen molar-refractivity contribution in [1.82, 2.24) is 15.2 Å². The van der Waals surface area contributed by atoms with Gasteiger partial charge >= 0.3 is 12.0 Å². The van der Waals surface area contributed by atoms with Gasteiger partial charge < -0.3 is 20.6 Å². The van der Waals surface area contributed by atoms with Crippen LogP contribution in [0.25, 0.3) is 0 Å². The summed E-state index contributed by atoms with van der Waals surface area (Å²) in [5.41, 5.74) is 1.64. The van der Waals surface area contributed by atoms with Gasteiger partial charge in [0, 0.05) is 38.4 Å². The van der Waals surface area contributed by atoms with E-state index in [1.165, 1.54) is 17.2 Å². The highest BCUT2D eigenvalue weighted by atomic mass is 16.4. The molecular weight excluding hydrogens is 360 g/mol. The van der Waals surface area contributed by atoms with Crippen LogP contribution in [0.15, 0.2) is 48.7 Å². The summed E-state index contributed by atoms with van der Waals surface area (Å²) in [7, 11) is 3.24. The summed E-state index contributed by atoms with van der Waals surface area (Å²) in [5.74, 6) is -1.19. The number of aliphatic carboxylic acids is 1. The van der Waals surface area contributed by atoms with Crippen molar-refractivity contribution in [3.8, 4) is 0 Å². The van der Waals surface area contributed by atoms with E-state index in [9.17, 15) is 14.4 Å². The van der Waals surface area contributed by atoms with Crippen LogP contribution in [-0.2, 0) is 11.2 Å². The van der Waals surface area contributed by atoms with Crippen LogP contribution in [0.5, 0.6) is 0 Å². The second-order valence-corrected chi connectivity index (χ2v) is 6.55. The molecule has 1 aromatic carbocycles. The molecule has 0 fully saturated rings. The zero-order valence-corrected chi connectivity index (χ0v) is 15.9. The molecule has 28 heavy (non-hydrogen) atoms. The summed E-state index contributed by atoms with van der Waals surface area (Å²) in [6, 6.07) is 11.8. The number of amides is 3. The highest BCUT2D eigenvalue weighted by Gasteiger charge is 2.16. The maximum atomic E-state index is 12.4. The van der Waals surface area contributed by atoms with E-state index >= 15 is 0 Å². The first-order valence-corrected chi connectivity index (χ1v) is 8.86. The summed E-state index contributed by atoms with van der Waals surface area (Å²) < 4.78 is 0. The Morgan fingerprint density at radius 2 is 1.86 bits per heavy atom.